The summed E-state index contributed by atoms with van der Waals surface area (Å²) in [7, 11) is 0. The van der Waals surface area contributed by atoms with Crippen molar-refractivity contribution in [3.05, 3.63) is 51.2 Å². The maximum atomic E-state index is 11.8. The SMILES string of the molecule is Cc1ccc(C#N)c(N2CCc3sccc3C2C(=O)O)c1. The largest absolute Gasteiger partial charge is 0.479 e. The quantitative estimate of drug-likeness (QED) is 0.925. The van der Waals surface area contributed by atoms with E-state index in [0.29, 0.717) is 17.8 Å². The molecule has 5 heteroatoms. The summed E-state index contributed by atoms with van der Waals surface area (Å²) in [5.74, 6) is -0.875. The molecule has 1 atom stereocenters. The molecule has 0 aliphatic carbocycles. The van der Waals surface area contributed by atoms with Gasteiger partial charge < -0.3 is 10.0 Å². The van der Waals surface area contributed by atoms with Crippen LogP contribution in [0.15, 0.2) is 29.6 Å². The van der Waals surface area contributed by atoms with Crippen LogP contribution in [0.25, 0.3) is 0 Å². The number of rotatable bonds is 2. The van der Waals surface area contributed by atoms with E-state index in [1.165, 1.54) is 0 Å². The molecule has 1 aliphatic heterocycles. The Labute approximate surface area is 126 Å². The van der Waals surface area contributed by atoms with E-state index in [9.17, 15) is 15.2 Å². The molecule has 1 N–H and O–H groups in total. The van der Waals surface area contributed by atoms with Gasteiger partial charge in [-0.25, -0.2) is 4.79 Å². The molecular weight excluding hydrogens is 284 g/mol. The summed E-state index contributed by atoms with van der Waals surface area (Å²) in [4.78, 5) is 14.7. The average Bonchev–Trinajstić information content (AvgIpc) is 2.94. The predicted octanol–water partition coefficient (Wildman–Crippen LogP) is 3.12. The van der Waals surface area contributed by atoms with Crippen molar-refractivity contribution in [3.8, 4) is 6.07 Å². The molecule has 0 radical (unpaired) electrons. The van der Waals surface area contributed by atoms with E-state index in [1.54, 1.807) is 17.4 Å². The average molecular weight is 298 g/mol. The van der Waals surface area contributed by atoms with E-state index >= 15 is 0 Å². The summed E-state index contributed by atoms with van der Waals surface area (Å²) in [6, 6.07) is 8.86. The highest BCUT2D eigenvalue weighted by Gasteiger charge is 2.34. The van der Waals surface area contributed by atoms with E-state index < -0.39 is 12.0 Å². The van der Waals surface area contributed by atoms with Gasteiger partial charge in [0, 0.05) is 11.4 Å². The van der Waals surface area contributed by atoms with Gasteiger partial charge in [-0.2, -0.15) is 5.26 Å². The maximum Gasteiger partial charge on any atom is 0.331 e. The van der Waals surface area contributed by atoms with Crippen LogP contribution in [0.5, 0.6) is 0 Å². The number of fused-ring (bicyclic) bond motifs is 1. The van der Waals surface area contributed by atoms with Crippen molar-refractivity contribution in [3.63, 3.8) is 0 Å². The zero-order chi connectivity index (χ0) is 15.0. The highest BCUT2D eigenvalue weighted by molar-refractivity contribution is 7.10. The molecule has 2 heterocycles. The molecule has 0 fully saturated rings. The Bertz CT molecular complexity index is 745. The van der Waals surface area contributed by atoms with E-state index in [2.05, 4.69) is 6.07 Å². The Kier molecular flexibility index (Phi) is 3.40. The van der Waals surface area contributed by atoms with Crippen molar-refractivity contribution in [2.24, 2.45) is 0 Å². The van der Waals surface area contributed by atoms with Crippen LogP contribution >= 0.6 is 11.3 Å². The van der Waals surface area contributed by atoms with E-state index in [4.69, 9.17) is 0 Å². The van der Waals surface area contributed by atoms with Crippen LogP contribution < -0.4 is 4.90 Å². The number of nitrogens with zero attached hydrogens (tertiary/aromatic N) is 2. The maximum absolute atomic E-state index is 11.8. The number of hydrogen-bond donors (Lipinski definition) is 1. The number of nitriles is 1. The summed E-state index contributed by atoms with van der Waals surface area (Å²) < 4.78 is 0. The number of anilines is 1. The van der Waals surface area contributed by atoms with Gasteiger partial charge in [0.15, 0.2) is 6.04 Å². The minimum atomic E-state index is -0.875. The molecule has 1 aliphatic rings. The van der Waals surface area contributed by atoms with Gasteiger partial charge in [-0.05, 0) is 48.1 Å². The zero-order valence-corrected chi connectivity index (χ0v) is 12.4. The van der Waals surface area contributed by atoms with Gasteiger partial charge in [0.2, 0.25) is 0 Å². The van der Waals surface area contributed by atoms with Crippen LogP contribution in [-0.4, -0.2) is 17.6 Å². The smallest absolute Gasteiger partial charge is 0.331 e. The van der Waals surface area contributed by atoms with Crippen molar-refractivity contribution in [1.82, 2.24) is 0 Å². The lowest BCUT2D eigenvalue weighted by atomic mass is 9.97. The summed E-state index contributed by atoms with van der Waals surface area (Å²) >= 11 is 1.60. The van der Waals surface area contributed by atoms with Gasteiger partial charge in [0.25, 0.3) is 0 Å². The summed E-state index contributed by atoms with van der Waals surface area (Å²) in [5.41, 5.74) is 3.10. The molecule has 1 aromatic heterocycles. The molecule has 2 aromatic rings. The van der Waals surface area contributed by atoms with Gasteiger partial charge in [-0.3, -0.25) is 0 Å². The molecular formula is C16H14N2O2S. The van der Waals surface area contributed by atoms with Crippen molar-refractivity contribution in [2.75, 3.05) is 11.4 Å². The van der Waals surface area contributed by atoms with Gasteiger partial charge in [-0.1, -0.05) is 6.07 Å². The third kappa shape index (κ3) is 2.28. The molecule has 1 unspecified atom stereocenters. The number of carboxylic acid groups (broad SMARTS) is 1. The van der Waals surface area contributed by atoms with E-state index in [0.717, 1.165) is 22.4 Å². The summed E-state index contributed by atoms with van der Waals surface area (Å²) in [6.45, 7) is 2.56. The van der Waals surface area contributed by atoms with Gasteiger partial charge in [0.05, 0.1) is 11.3 Å². The molecule has 21 heavy (non-hydrogen) atoms. The Hall–Kier alpha value is -2.32. The molecule has 106 valence electrons. The molecule has 1 aromatic carbocycles. The van der Waals surface area contributed by atoms with Crippen molar-refractivity contribution in [1.29, 1.82) is 5.26 Å². The predicted molar refractivity (Wildman–Crippen MR) is 81.6 cm³/mol. The fourth-order valence-corrected chi connectivity index (χ4v) is 3.72. The number of hydrogen-bond acceptors (Lipinski definition) is 4. The van der Waals surface area contributed by atoms with Crippen LogP contribution in [0.1, 0.15) is 27.6 Å². The number of aryl methyl sites for hydroxylation is 1. The monoisotopic (exact) mass is 298 g/mol. The lowest BCUT2D eigenvalue weighted by Crippen LogP contribution is -2.39. The van der Waals surface area contributed by atoms with E-state index in [1.807, 2.05) is 35.4 Å². The first kappa shape index (κ1) is 13.7. The van der Waals surface area contributed by atoms with Crippen LogP contribution in [0.4, 0.5) is 5.69 Å². The third-order valence-corrected chi connectivity index (χ3v) is 4.78. The molecule has 0 amide bonds. The van der Waals surface area contributed by atoms with Crippen molar-refractivity contribution in [2.45, 2.75) is 19.4 Å². The Balaban J connectivity index is 2.13. The first-order chi connectivity index (χ1) is 10.1. The Morgan fingerprint density at radius 2 is 2.29 bits per heavy atom. The minimum absolute atomic E-state index is 0.519. The number of aliphatic carboxylic acids is 1. The Morgan fingerprint density at radius 1 is 1.48 bits per heavy atom. The van der Waals surface area contributed by atoms with Gasteiger partial charge in [0.1, 0.15) is 6.07 Å². The lowest BCUT2D eigenvalue weighted by Gasteiger charge is -2.35. The van der Waals surface area contributed by atoms with Crippen LogP contribution in [0, 0.1) is 18.3 Å². The number of carbonyl (C=O) groups is 1. The van der Waals surface area contributed by atoms with Crippen molar-refractivity contribution < 1.29 is 9.90 Å². The van der Waals surface area contributed by atoms with Crippen LogP contribution in [0.3, 0.4) is 0 Å². The van der Waals surface area contributed by atoms with Crippen molar-refractivity contribution >= 4 is 23.0 Å². The van der Waals surface area contributed by atoms with Gasteiger partial charge >= 0.3 is 5.97 Å². The third-order valence-electron chi connectivity index (χ3n) is 3.78. The molecule has 4 nitrogen and oxygen atoms in total. The standard InChI is InChI=1S/C16H14N2O2S/c1-10-2-3-11(9-17)13(8-10)18-6-4-14-12(5-7-21-14)15(18)16(19)20/h2-3,5,7-8,15H,4,6H2,1H3,(H,19,20). The first-order valence-corrected chi connectivity index (χ1v) is 7.56. The second kappa shape index (κ2) is 5.23. The first-order valence-electron chi connectivity index (χ1n) is 6.68. The Morgan fingerprint density at radius 3 is 3.00 bits per heavy atom. The fourth-order valence-electron chi connectivity index (χ4n) is 2.82. The van der Waals surface area contributed by atoms with Crippen LogP contribution in [-0.2, 0) is 11.2 Å². The lowest BCUT2D eigenvalue weighted by molar-refractivity contribution is -0.138. The second-order valence-corrected chi connectivity index (χ2v) is 6.12. The molecule has 0 saturated heterocycles. The number of carboxylic acids is 1. The zero-order valence-electron chi connectivity index (χ0n) is 11.5. The highest BCUT2D eigenvalue weighted by atomic mass is 32.1. The molecule has 3 rings (SSSR count). The molecule has 0 saturated carbocycles. The molecule has 0 bridgehead atoms. The van der Waals surface area contributed by atoms with Gasteiger partial charge in [-0.15, -0.1) is 11.3 Å². The van der Waals surface area contributed by atoms with Crippen LogP contribution in [0.2, 0.25) is 0 Å². The summed E-state index contributed by atoms with van der Waals surface area (Å²) in [6.07, 6.45) is 0.815. The fraction of sp³-hybridized carbons (Fsp3) is 0.250. The highest BCUT2D eigenvalue weighted by Crippen LogP contribution is 2.38. The minimum Gasteiger partial charge on any atom is -0.479 e. The topological polar surface area (TPSA) is 64.3 Å². The normalized spacial score (nSPS) is 17.1. The van der Waals surface area contributed by atoms with E-state index in [-0.39, 0.29) is 0 Å². The summed E-state index contributed by atoms with van der Waals surface area (Å²) in [5, 5.41) is 20.9. The number of benzene rings is 1. The second-order valence-electron chi connectivity index (χ2n) is 5.12. The number of thiophene rings is 1. The molecule has 0 spiro atoms.